The zero-order valence-electron chi connectivity index (χ0n) is 14.5. The number of nitrogens with one attached hydrogen (secondary N) is 1. The standard InChI is InChI=1S/C18H22N6O/c1-13-12-24-10-5-15(11-17(24)19-13)20-18(25)23-8-3-14(4-9-23)16-6-7-22(2)21-16/h5-7,10-12,14H,3-4,8-9H2,1-2H3,(H,20,25). The second-order valence-corrected chi connectivity index (χ2v) is 6.67. The van der Waals surface area contributed by atoms with Crippen molar-refractivity contribution >= 4 is 17.4 Å². The van der Waals surface area contributed by atoms with Gasteiger partial charge in [0.15, 0.2) is 0 Å². The van der Waals surface area contributed by atoms with Crippen LogP contribution in [0.25, 0.3) is 5.65 Å². The van der Waals surface area contributed by atoms with Gasteiger partial charge in [0.1, 0.15) is 5.65 Å². The van der Waals surface area contributed by atoms with Crippen LogP contribution in [0.1, 0.15) is 30.1 Å². The summed E-state index contributed by atoms with van der Waals surface area (Å²) < 4.78 is 3.78. The average Bonchev–Trinajstić information content (AvgIpc) is 3.19. The Bertz CT molecular complexity index is 903. The molecule has 0 spiro atoms. The van der Waals surface area contributed by atoms with Crippen molar-refractivity contribution in [3.05, 3.63) is 48.2 Å². The van der Waals surface area contributed by atoms with Crippen molar-refractivity contribution in [3.63, 3.8) is 0 Å². The Labute approximate surface area is 146 Å². The maximum atomic E-state index is 12.5. The van der Waals surface area contributed by atoms with Crippen molar-refractivity contribution in [3.8, 4) is 0 Å². The Kier molecular flexibility index (Phi) is 3.91. The number of hydrogen-bond acceptors (Lipinski definition) is 3. The highest BCUT2D eigenvalue weighted by molar-refractivity contribution is 5.89. The fourth-order valence-corrected chi connectivity index (χ4v) is 3.42. The number of anilines is 1. The summed E-state index contributed by atoms with van der Waals surface area (Å²) in [5, 5.41) is 7.48. The molecule has 7 heteroatoms. The third-order valence-electron chi connectivity index (χ3n) is 4.77. The van der Waals surface area contributed by atoms with Gasteiger partial charge in [-0.2, -0.15) is 5.10 Å². The van der Waals surface area contributed by atoms with Gasteiger partial charge in [-0.15, -0.1) is 0 Å². The topological polar surface area (TPSA) is 67.5 Å². The first-order valence-corrected chi connectivity index (χ1v) is 8.59. The van der Waals surface area contributed by atoms with Gasteiger partial charge in [-0.3, -0.25) is 4.68 Å². The molecule has 0 unspecified atom stereocenters. The van der Waals surface area contributed by atoms with Crippen LogP contribution < -0.4 is 5.32 Å². The first-order chi connectivity index (χ1) is 12.1. The fraction of sp³-hybridized carbons (Fsp3) is 0.389. The highest BCUT2D eigenvalue weighted by atomic mass is 16.2. The number of carbonyl (C=O) groups excluding carboxylic acids is 1. The SMILES string of the molecule is Cc1cn2ccc(NC(=O)N3CCC(c4ccn(C)n4)CC3)cc2n1. The molecular weight excluding hydrogens is 316 g/mol. The van der Waals surface area contributed by atoms with E-state index in [0.29, 0.717) is 5.92 Å². The molecule has 7 nitrogen and oxygen atoms in total. The van der Waals surface area contributed by atoms with E-state index in [2.05, 4.69) is 21.5 Å². The van der Waals surface area contributed by atoms with Gasteiger partial charge < -0.3 is 14.6 Å². The Hall–Kier alpha value is -2.83. The number of carbonyl (C=O) groups is 1. The Morgan fingerprint density at radius 1 is 1.24 bits per heavy atom. The molecule has 1 fully saturated rings. The summed E-state index contributed by atoms with van der Waals surface area (Å²) in [5.74, 6) is 0.439. The number of aryl methyl sites for hydroxylation is 2. The molecule has 4 rings (SSSR count). The van der Waals surface area contributed by atoms with Gasteiger partial charge in [0.05, 0.1) is 11.4 Å². The molecule has 0 atom stereocenters. The lowest BCUT2D eigenvalue weighted by molar-refractivity contribution is 0.194. The summed E-state index contributed by atoms with van der Waals surface area (Å²) >= 11 is 0. The molecule has 1 aliphatic rings. The monoisotopic (exact) mass is 338 g/mol. The molecule has 0 aromatic carbocycles. The van der Waals surface area contributed by atoms with E-state index in [-0.39, 0.29) is 6.03 Å². The van der Waals surface area contributed by atoms with Crippen molar-refractivity contribution in [1.29, 1.82) is 0 Å². The number of urea groups is 1. The molecule has 3 aromatic rings. The number of nitrogens with zero attached hydrogens (tertiary/aromatic N) is 5. The smallest absolute Gasteiger partial charge is 0.321 e. The Morgan fingerprint density at radius 3 is 2.76 bits per heavy atom. The van der Waals surface area contributed by atoms with Crippen LogP contribution >= 0.6 is 0 Å². The van der Waals surface area contributed by atoms with Gasteiger partial charge in [-0.1, -0.05) is 0 Å². The van der Waals surface area contributed by atoms with Crippen LogP contribution in [-0.2, 0) is 7.05 Å². The quantitative estimate of drug-likeness (QED) is 0.781. The van der Waals surface area contributed by atoms with Crippen LogP contribution in [0.2, 0.25) is 0 Å². The van der Waals surface area contributed by atoms with Crippen LogP contribution in [0.5, 0.6) is 0 Å². The molecule has 1 N–H and O–H groups in total. The van der Waals surface area contributed by atoms with Gasteiger partial charge >= 0.3 is 6.03 Å². The van der Waals surface area contributed by atoms with Crippen LogP contribution in [0.3, 0.4) is 0 Å². The maximum absolute atomic E-state index is 12.5. The normalized spacial score (nSPS) is 15.7. The highest BCUT2D eigenvalue weighted by Gasteiger charge is 2.25. The van der Waals surface area contributed by atoms with E-state index in [1.165, 1.54) is 0 Å². The number of rotatable bonds is 2. The number of hydrogen-bond donors (Lipinski definition) is 1. The highest BCUT2D eigenvalue weighted by Crippen LogP contribution is 2.27. The largest absolute Gasteiger partial charge is 0.324 e. The molecular formula is C18H22N6O. The van der Waals surface area contributed by atoms with Gasteiger partial charge in [0.2, 0.25) is 0 Å². The van der Waals surface area contributed by atoms with E-state index in [4.69, 9.17) is 0 Å². The minimum Gasteiger partial charge on any atom is -0.324 e. The number of imidazole rings is 1. The summed E-state index contributed by atoms with van der Waals surface area (Å²) in [7, 11) is 1.93. The van der Waals surface area contributed by atoms with Crippen LogP contribution in [0.15, 0.2) is 36.8 Å². The van der Waals surface area contributed by atoms with Gasteiger partial charge in [-0.05, 0) is 31.9 Å². The summed E-state index contributed by atoms with van der Waals surface area (Å²) in [5.41, 5.74) is 3.70. The molecule has 4 heterocycles. The van der Waals surface area contributed by atoms with E-state index in [1.807, 2.05) is 58.7 Å². The summed E-state index contributed by atoms with van der Waals surface area (Å²) in [6, 6.07) is 5.81. The number of amides is 2. The average molecular weight is 338 g/mol. The van der Waals surface area contributed by atoms with Gasteiger partial charge in [-0.25, -0.2) is 9.78 Å². The molecule has 1 aliphatic heterocycles. The van der Waals surface area contributed by atoms with E-state index in [1.54, 1.807) is 0 Å². The molecule has 3 aromatic heterocycles. The number of pyridine rings is 1. The van der Waals surface area contributed by atoms with E-state index < -0.39 is 0 Å². The van der Waals surface area contributed by atoms with Crippen molar-refractivity contribution in [2.45, 2.75) is 25.7 Å². The van der Waals surface area contributed by atoms with Crippen molar-refractivity contribution in [1.82, 2.24) is 24.1 Å². The molecule has 0 saturated carbocycles. The lowest BCUT2D eigenvalue weighted by atomic mass is 9.94. The Morgan fingerprint density at radius 2 is 2.04 bits per heavy atom. The predicted octanol–water partition coefficient (Wildman–Crippen LogP) is 2.79. The van der Waals surface area contributed by atoms with Crippen LogP contribution in [0, 0.1) is 6.92 Å². The predicted molar refractivity (Wildman–Crippen MR) is 95.7 cm³/mol. The molecule has 0 radical (unpaired) electrons. The lowest BCUT2D eigenvalue weighted by Crippen LogP contribution is -2.40. The molecule has 2 amide bonds. The number of fused-ring (bicyclic) bond motifs is 1. The van der Waals surface area contributed by atoms with E-state index in [0.717, 1.165) is 48.7 Å². The molecule has 0 aliphatic carbocycles. The summed E-state index contributed by atoms with van der Waals surface area (Å²) in [6.45, 7) is 3.45. The molecule has 0 bridgehead atoms. The van der Waals surface area contributed by atoms with Gasteiger partial charge in [0.25, 0.3) is 0 Å². The number of piperidine rings is 1. The van der Waals surface area contributed by atoms with Crippen LogP contribution in [0.4, 0.5) is 10.5 Å². The zero-order chi connectivity index (χ0) is 17.4. The fourth-order valence-electron chi connectivity index (χ4n) is 3.42. The van der Waals surface area contributed by atoms with Crippen LogP contribution in [-0.4, -0.2) is 43.2 Å². The summed E-state index contributed by atoms with van der Waals surface area (Å²) in [6.07, 6.45) is 7.75. The van der Waals surface area contributed by atoms with E-state index in [9.17, 15) is 4.79 Å². The van der Waals surface area contributed by atoms with E-state index >= 15 is 0 Å². The lowest BCUT2D eigenvalue weighted by Gasteiger charge is -2.31. The van der Waals surface area contributed by atoms with Gasteiger partial charge in [0, 0.05) is 56.4 Å². The minimum atomic E-state index is -0.0490. The van der Waals surface area contributed by atoms with Crippen molar-refractivity contribution in [2.75, 3.05) is 18.4 Å². The minimum absolute atomic E-state index is 0.0490. The second-order valence-electron chi connectivity index (χ2n) is 6.67. The zero-order valence-corrected chi connectivity index (χ0v) is 14.5. The second kappa shape index (κ2) is 6.23. The number of aromatic nitrogens is 4. The van der Waals surface area contributed by atoms with Crippen molar-refractivity contribution < 1.29 is 4.79 Å². The molecule has 1 saturated heterocycles. The molecule has 25 heavy (non-hydrogen) atoms. The molecule has 130 valence electrons. The van der Waals surface area contributed by atoms with Crippen molar-refractivity contribution in [2.24, 2.45) is 7.05 Å². The Balaban J connectivity index is 1.38. The first-order valence-electron chi connectivity index (χ1n) is 8.59. The third-order valence-corrected chi connectivity index (χ3v) is 4.77. The first kappa shape index (κ1) is 15.7. The summed E-state index contributed by atoms with van der Waals surface area (Å²) in [4.78, 5) is 18.8. The third kappa shape index (κ3) is 3.22. The number of likely N-dealkylation sites (tertiary alicyclic amines) is 1. The maximum Gasteiger partial charge on any atom is 0.321 e.